The average molecular weight is 433 g/mol. The molecule has 0 radical (unpaired) electrons. The highest BCUT2D eigenvalue weighted by atomic mass is 19.1. The van der Waals surface area contributed by atoms with E-state index in [1.54, 1.807) is 27.6 Å². The van der Waals surface area contributed by atoms with Crippen LogP contribution in [0.25, 0.3) is 17.1 Å². The molecule has 1 aromatic carbocycles. The van der Waals surface area contributed by atoms with E-state index in [2.05, 4.69) is 25.5 Å². The van der Waals surface area contributed by atoms with Crippen LogP contribution in [0.2, 0.25) is 0 Å². The first-order chi connectivity index (χ1) is 15.3. The van der Waals surface area contributed by atoms with Gasteiger partial charge in [-0.2, -0.15) is 10.2 Å². The van der Waals surface area contributed by atoms with Crippen LogP contribution in [0.1, 0.15) is 35.4 Å². The fourth-order valence-corrected chi connectivity index (χ4v) is 4.32. The molecular formula is C23H24FN7O. The maximum Gasteiger partial charge on any atom is 0.159 e. The predicted octanol–water partition coefficient (Wildman–Crippen LogP) is 3.85. The summed E-state index contributed by atoms with van der Waals surface area (Å²) in [7, 11) is 1.85. The maximum atomic E-state index is 13.3. The summed E-state index contributed by atoms with van der Waals surface area (Å²) < 4.78 is 16.8. The molecule has 1 saturated carbocycles. The number of nitrogens with one attached hydrogen (secondary N) is 1. The van der Waals surface area contributed by atoms with E-state index in [0.717, 1.165) is 46.6 Å². The monoisotopic (exact) mass is 433 g/mol. The van der Waals surface area contributed by atoms with Crippen LogP contribution in [0.5, 0.6) is 0 Å². The number of aryl methyl sites for hydroxylation is 2. The van der Waals surface area contributed by atoms with E-state index >= 15 is 0 Å². The first-order valence-electron chi connectivity index (χ1n) is 10.4. The molecule has 0 unspecified atom stereocenters. The van der Waals surface area contributed by atoms with Crippen LogP contribution in [0.4, 0.5) is 16.0 Å². The third-order valence-corrected chi connectivity index (χ3v) is 6.00. The molecule has 1 fully saturated rings. The summed E-state index contributed by atoms with van der Waals surface area (Å²) in [4.78, 5) is 8.71. The van der Waals surface area contributed by atoms with Gasteiger partial charge in [-0.15, -0.1) is 0 Å². The van der Waals surface area contributed by atoms with Gasteiger partial charge >= 0.3 is 0 Å². The van der Waals surface area contributed by atoms with Gasteiger partial charge in [0.1, 0.15) is 18.0 Å². The maximum absolute atomic E-state index is 13.3. The Balaban J connectivity index is 1.47. The second-order valence-corrected chi connectivity index (χ2v) is 8.33. The number of aromatic nitrogens is 6. The zero-order chi connectivity index (χ0) is 22.6. The number of hydrogen-bond donors (Lipinski definition) is 2. The smallest absolute Gasteiger partial charge is 0.159 e. The molecule has 0 amide bonds. The second kappa shape index (κ2) is 7.23. The average Bonchev–Trinajstić information content (AvgIpc) is 3.33. The van der Waals surface area contributed by atoms with Crippen molar-refractivity contribution in [3.05, 3.63) is 65.0 Å². The summed E-state index contributed by atoms with van der Waals surface area (Å²) in [5, 5.41) is 23.1. The second-order valence-electron chi connectivity index (χ2n) is 8.33. The van der Waals surface area contributed by atoms with E-state index in [9.17, 15) is 9.50 Å². The summed E-state index contributed by atoms with van der Waals surface area (Å²) in [6, 6.07) is 8.14. The van der Waals surface area contributed by atoms with E-state index in [1.165, 1.54) is 18.5 Å². The van der Waals surface area contributed by atoms with Crippen molar-refractivity contribution in [3.8, 4) is 17.1 Å². The molecule has 32 heavy (non-hydrogen) atoms. The molecule has 5 rings (SSSR count). The van der Waals surface area contributed by atoms with E-state index < -0.39 is 5.60 Å². The van der Waals surface area contributed by atoms with Gasteiger partial charge in [-0.05, 0) is 57.9 Å². The van der Waals surface area contributed by atoms with E-state index in [4.69, 9.17) is 0 Å². The van der Waals surface area contributed by atoms with Gasteiger partial charge < -0.3 is 10.4 Å². The molecular weight excluding hydrogens is 409 g/mol. The summed E-state index contributed by atoms with van der Waals surface area (Å²) in [5.74, 6) is 1.55. The standard InChI is InChI=1S/C23H24FN7O/c1-13-21(16-5-7-17(24)8-6-16)30(4)29-22(13)27-18-11-19(26-12-25-18)31-15(3)20(14(2)28-31)23(32)9-10-23/h5-8,11-12,32H,9-10H2,1-4H3,(H,25,26,27,29). The Morgan fingerprint density at radius 1 is 1.06 bits per heavy atom. The minimum absolute atomic E-state index is 0.276. The molecule has 8 nitrogen and oxygen atoms in total. The normalized spacial score (nSPS) is 14.6. The van der Waals surface area contributed by atoms with Gasteiger partial charge in [0.2, 0.25) is 0 Å². The molecule has 4 aromatic rings. The molecule has 164 valence electrons. The zero-order valence-corrected chi connectivity index (χ0v) is 18.4. The largest absolute Gasteiger partial charge is 0.385 e. The highest BCUT2D eigenvalue weighted by Crippen LogP contribution is 2.48. The third-order valence-electron chi connectivity index (χ3n) is 6.00. The van der Waals surface area contributed by atoms with Gasteiger partial charge in [-0.1, -0.05) is 0 Å². The van der Waals surface area contributed by atoms with Gasteiger partial charge in [0.05, 0.1) is 17.0 Å². The first-order valence-corrected chi connectivity index (χ1v) is 10.4. The summed E-state index contributed by atoms with van der Waals surface area (Å²) in [6.07, 6.45) is 2.98. The highest BCUT2D eigenvalue weighted by Gasteiger charge is 2.46. The summed E-state index contributed by atoms with van der Waals surface area (Å²) in [6.45, 7) is 5.81. The molecule has 0 atom stereocenters. The minimum atomic E-state index is -0.762. The topological polar surface area (TPSA) is 93.7 Å². The highest BCUT2D eigenvalue weighted by molar-refractivity contribution is 5.71. The van der Waals surface area contributed by atoms with Crippen molar-refractivity contribution < 1.29 is 9.50 Å². The lowest BCUT2D eigenvalue weighted by Crippen LogP contribution is -2.09. The molecule has 9 heteroatoms. The fourth-order valence-electron chi connectivity index (χ4n) is 4.32. The predicted molar refractivity (Wildman–Crippen MR) is 118 cm³/mol. The molecule has 0 bridgehead atoms. The Kier molecular flexibility index (Phi) is 4.59. The molecule has 1 aliphatic carbocycles. The Hall–Kier alpha value is -3.59. The Morgan fingerprint density at radius 3 is 2.47 bits per heavy atom. The number of hydrogen-bond acceptors (Lipinski definition) is 6. The van der Waals surface area contributed by atoms with Crippen LogP contribution in [0.3, 0.4) is 0 Å². The SMILES string of the molecule is Cc1nn(-c2cc(Nc3nn(C)c(-c4ccc(F)cc4)c3C)ncn2)c(C)c1C1(O)CC1. The van der Waals surface area contributed by atoms with Crippen LogP contribution < -0.4 is 5.32 Å². The molecule has 0 aliphatic heterocycles. The minimum Gasteiger partial charge on any atom is -0.385 e. The van der Waals surface area contributed by atoms with Gasteiger partial charge in [0.25, 0.3) is 0 Å². The van der Waals surface area contributed by atoms with Crippen molar-refractivity contribution in [2.75, 3.05) is 5.32 Å². The van der Waals surface area contributed by atoms with Crippen molar-refractivity contribution >= 4 is 11.6 Å². The molecule has 0 saturated heterocycles. The number of halogens is 1. The van der Waals surface area contributed by atoms with Crippen molar-refractivity contribution in [2.24, 2.45) is 7.05 Å². The Bertz CT molecular complexity index is 1320. The van der Waals surface area contributed by atoms with Gasteiger partial charge in [0, 0.05) is 35.5 Å². The number of aliphatic hydroxyl groups is 1. The zero-order valence-electron chi connectivity index (χ0n) is 18.4. The molecule has 0 spiro atoms. The van der Waals surface area contributed by atoms with Gasteiger partial charge in [-0.3, -0.25) is 4.68 Å². The lowest BCUT2D eigenvalue weighted by atomic mass is 10.1. The van der Waals surface area contributed by atoms with E-state index in [0.29, 0.717) is 17.5 Å². The van der Waals surface area contributed by atoms with Crippen molar-refractivity contribution in [1.29, 1.82) is 0 Å². The Labute approximate surface area is 184 Å². The fraction of sp³-hybridized carbons (Fsp3) is 0.304. The molecule has 2 N–H and O–H groups in total. The molecule has 3 aromatic heterocycles. The molecule has 3 heterocycles. The Morgan fingerprint density at radius 2 is 1.78 bits per heavy atom. The molecule has 1 aliphatic rings. The van der Waals surface area contributed by atoms with Crippen LogP contribution in [0.15, 0.2) is 36.7 Å². The van der Waals surface area contributed by atoms with Crippen LogP contribution in [-0.2, 0) is 12.6 Å². The third kappa shape index (κ3) is 3.34. The number of rotatable bonds is 5. The number of anilines is 2. The number of benzene rings is 1. The van der Waals surface area contributed by atoms with Gasteiger partial charge in [-0.25, -0.2) is 19.0 Å². The van der Waals surface area contributed by atoms with Crippen LogP contribution in [0, 0.1) is 26.6 Å². The van der Waals surface area contributed by atoms with Crippen LogP contribution in [-0.4, -0.2) is 34.6 Å². The van der Waals surface area contributed by atoms with Crippen LogP contribution >= 0.6 is 0 Å². The lowest BCUT2D eigenvalue weighted by Gasteiger charge is -2.10. The van der Waals surface area contributed by atoms with Gasteiger partial charge in [0.15, 0.2) is 11.6 Å². The first kappa shape index (κ1) is 20.3. The van der Waals surface area contributed by atoms with Crippen molar-refractivity contribution in [3.63, 3.8) is 0 Å². The summed E-state index contributed by atoms with van der Waals surface area (Å²) in [5.41, 5.74) is 4.49. The number of nitrogens with zero attached hydrogens (tertiary/aromatic N) is 6. The quantitative estimate of drug-likeness (QED) is 0.497. The lowest BCUT2D eigenvalue weighted by molar-refractivity contribution is 0.150. The van der Waals surface area contributed by atoms with Crippen molar-refractivity contribution in [1.82, 2.24) is 29.5 Å². The summed E-state index contributed by atoms with van der Waals surface area (Å²) >= 11 is 0. The van der Waals surface area contributed by atoms with Crippen molar-refractivity contribution in [2.45, 2.75) is 39.2 Å². The van der Waals surface area contributed by atoms with E-state index in [-0.39, 0.29) is 5.82 Å². The van der Waals surface area contributed by atoms with E-state index in [1.807, 2.05) is 27.8 Å².